The minimum atomic E-state index is -2.87. The number of nitrogens with one attached hydrogen (secondary N) is 2. The molecule has 0 aliphatic heterocycles. The zero-order valence-corrected chi connectivity index (χ0v) is 9.28. The van der Waals surface area contributed by atoms with E-state index >= 15 is 0 Å². The van der Waals surface area contributed by atoms with Crippen LogP contribution in [0.4, 0.5) is 14.5 Å². The van der Waals surface area contributed by atoms with Gasteiger partial charge in [0.25, 0.3) is 12.3 Å². The zero-order chi connectivity index (χ0) is 12.8. The lowest BCUT2D eigenvalue weighted by atomic mass is 10.1. The second kappa shape index (κ2) is 6.15. The number of hydrogen-bond acceptors (Lipinski definition) is 3. The molecule has 1 unspecified atom stereocenters. The van der Waals surface area contributed by atoms with Crippen molar-refractivity contribution in [3.63, 3.8) is 0 Å². The van der Waals surface area contributed by atoms with Crippen LogP contribution in [-0.4, -0.2) is 37.1 Å². The fraction of sp³-hybridized carbons (Fsp3) is 0.364. The summed E-state index contributed by atoms with van der Waals surface area (Å²) in [5.41, 5.74) is 0.938. The molecule has 0 aliphatic carbocycles. The number of amides is 1. The fourth-order valence-corrected chi connectivity index (χ4v) is 1.28. The molecule has 4 nitrogen and oxygen atoms in total. The molecule has 17 heavy (non-hydrogen) atoms. The van der Waals surface area contributed by atoms with Crippen molar-refractivity contribution < 1.29 is 18.7 Å². The van der Waals surface area contributed by atoms with E-state index in [1.54, 1.807) is 31.3 Å². The summed E-state index contributed by atoms with van der Waals surface area (Å²) >= 11 is 0. The summed E-state index contributed by atoms with van der Waals surface area (Å²) in [5, 5.41) is 13.9. The SMILES string of the molecule is CNc1ccccc1C(=O)NCC(O)C(F)F. The number of para-hydroxylation sites is 1. The summed E-state index contributed by atoms with van der Waals surface area (Å²) < 4.78 is 24.0. The number of aliphatic hydroxyl groups is 1. The molecule has 0 radical (unpaired) electrons. The second-order valence-electron chi connectivity index (χ2n) is 3.41. The van der Waals surface area contributed by atoms with Gasteiger partial charge in [-0.2, -0.15) is 0 Å². The number of benzene rings is 1. The molecule has 1 rings (SSSR count). The molecule has 0 saturated heterocycles. The number of carbonyl (C=O) groups excluding carboxylic acids is 1. The standard InChI is InChI=1S/C11H14F2N2O2/c1-14-8-5-3-2-4-7(8)11(17)15-6-9(16)10(12)13/h2-5,9-10,14,16H,6H2,1H3,(H,15,17). The van der Waals surface area contributed by atoms with Crippen molar-refractivity contribution in [3.8, 4) is 0 Å². The molecule has 1 aromatic carbocycles. The summed E-state index contributed by atoms with van der Waals surface area (Å²) in [6.45, 7) is -0.478. The number of rotatable bonds is 5. The van der Waals surface area contributed by atoms with Gasteiger partial charge in [-0.3, -0.25) is 4.79 Å². The highest BCUT2D eigenvalue weighted by molar-refractivity contribution is 5.99. The third kappa shape index (κ3) is 3.67. The Morgan fingerprint density at radius 3 is 2.65 bits per heavy atom. The third-order valence-corrected chi connectivity index (χ3v) is 2.20. The summed E-state index contributed by atoms with van der Waals surface area (Å²) in [6, 6.07) is 6.67. The van der Waals surface area contributed by atoms with Crippen LogP contribution in [0.5, 0.6) is 0 Å². The van der Waals surface area contributed by atoms with Crippen molar-refractivity contribution in [1.29, 1.82) is 0 Å². The van der Waals surface area contributed by atoms with Crippen molar-refractivity contribution in [2.45, 2.75) is 12.5 Å². The van der Waals surface area contributed by atoms with E-state index in [2.05, 4.69) is 10.6 Å². The molecule has 1 amide bonds. The molecule has 6 heteroatoms. The molecule has 0 aliphatic rings. The predicted octanol–water partition coefficient (Wildman–Crippen LogP) is 1.08. The lowest BCUT2D eigenvalue weighted by molar-refractivity contribution is -0.00269. The Morgan fingerprint density at radius 1 is 1.41 bits per heavy atom. The highest BCUT2D eigenvalue weighted by Gasteiger charge is 2.18. The van der Waals surface area contributed by atoms with E-state index in [9.17, 15) is 13.6 Å². The molecular formula is C11H14F2N2O2. The molecular weight excluding hydrogens is 230 g/mol. The number of hydrogen-bond donors (Lipinski definition) is 3. The molecule has 0 heterocycles. The van der Waals surface area contributed by atoms with Crippen LogP contribution in [0.3, 0.4) is 0 Å². The minimum absolute atomic E-state index is 0.344. The van der Waals surface area contributed by atoms with Crippen LogP contribution in [0.1, 0.15) is 10.4 Å². The van der Waals surface area contributed by atoms with Crippen molar-refractivity contribution in [2.24, 2.45) is 0 Å². The fourth-order valence-electron chi connectivity index (χ4n) is 1.28. The molecule has 3 N–H and O–H groups in total. The lowest BCUT2D eigenvalue weighted by Crippen LogP contribution is -2.36. The van der Waals surface area contributed by atoms with Crippen LogP contribution in [0.25, 0.3) is 0 Å². The van der Waals surface area contributed by atoms with Crippen LogP contribution in [-0.2, 0) is 0 Å². The normalized spacial score (nSPS) is 12.3. The number of alkyl halides is 2. The molecule has 1 atom stereocenters. The van der Waals surface area contributed by atoms with Gasteiger partial charge >= 0.3 is 0 Å². The van der Waals surface area contributed by atoms with Gasteiger partial charge in [0.1, 0.15) is 6.10 Å². The van der Waals surface area contributed by atoms with Crippen molar-refractivity contribution >= 4 is 11.6 Å². The first-order chi connectivity index (χ1) is 8.06. The van der Waals surface area contributed by atoms with Gasteiger partial charge in [-0.25, -0.2) is 8.78 Å². The Hall–Kier alpha value is -1.69. The quantitative estimate of drug-likeness (QED) is 0.726. The van der Waals surface area contributed by atoms with E-state index in [1.165, 1.54) is 0 Å². The van der Waals surface area contributed by atoms with E-state index < -0.39 is 25.0 Å². The first-order valence-electron chi connectivity index (χ1n) is 5.07. The maximum atomic E-state index is 12.0. The molecule has 94 valence electrons. The summed E-state index contributed by atoms with van der Waals surface area (Å²) in [4.78, 5) is 11.6. The van der Waals surface area contributed by atoms with E-state index in [0.717, 1.165) is 0 Å². The van der Waals surface area contributed by atoms with Gasteiger partial charge in [-0.15, -0.1) is 0 Å². The third-order valence-electron chi connectivity index (χ3n) is 2.20. The maximum absolute atomic E-state index is 12.0. The van der Waals surface area contributed by atoms with E-state index in [4.69, 9.17) is 5.11 Å². The largest absolute Gasteiger partial charge is 0.387 e. The predicted molar refractivity (Wildman–Crippen MR) is 60.3 cm³/mol. The van der Waals surface area contributed by atoms with Crippen LogP contribution in [0, 0.1) is 0 Å². The van der Waals surface area contributed by atoms with Crippen molar-refractivity contribution in [3.05, 3.63) is 29.8 Å². The Morgan fingerprint density at radius 2 is 2.06 bits per heavy atom. The van der Waals surface area contributed by atoms with Crippen LogP contribution >= 0.6 is 0 Å². The van der Waals surface area contributed by atoms with Gasteiger partial charge in [0, 0.05) is 19.3 Å². The Labute approximate surface area is 97.6 Å². The van der Waals surface area contributed by atoms with Crippen LogP contribution in [0.15, 0.2) is 24.3 Å². The number of anilines is 1. The molecule has 0 saturated carbocycles. The van der Waals surface area contributed by atoms with Crippen LogP contribution < -0.4 is 10.6 Å². The number of carbonyl (C=O) groups is 1. The van der Waals surface area contributed by atoms with E-state index in [-0.39, 0.29) is 0 Å². The molecule has 0 fully saturated rings. The molecule has 0 aromatic heterocycles. The average molecular weight is 244 g/mol. The summed E-state index contributed by atoms with van der Waals surface area (Å²) in [6.07, 6.45) is -4.71. The first kappa shape index (κ1) is 13.4. The number of aliphatic hydroxyl groups excluding tert-OH is 1. The lowest BCUT2D eigenvalue weighted by Gasteiger charge is -2.12. The van der Waals surface area contributed by atoms with Gasteiger partial charge < -0.3 is 15.7 Å². The Bertz CT molecular complexity index is 385. The zero-order valence-electron chi connectivity index (χ0n) is 9.28. The first-order valence-corrected chi connectivity index (χ1v) is 5.07. The Balaban J connectivity index is 2.64. The second-order valence-corrected chi connectivity index (χ2v) is 3.41. The topological polar surface area (TPSA) is 61.4 Å². The summed E-state index contributed by atoms with van der Waals surface area (Å²) in [5.74, 6) is -0.505. The van der Waals surface area contributed by atoms with Gasteiger partial charge in [0.05, 0.1) is 5.56 Å². The van der Waals surface area contributed by atoms with E-state index in [0.29, 0.717) is 11.3 Å². The summed E-state index contributed by atoms with van der Waals surface area (Å²) in [7, 11) is 1.65. The minimum Gasteiger partial charge on any atom is -0.387 e. The Kier molecular flexibility index (Phi) is 4.84. The monoisotopic (exact) mass is 244 g/mol. The smallest absolute Gasteiger partial charge is 0.265 e. The van der Waals surface area contributed by atoms with Crippen molar-refractivity contribution in [1.82, 2.24) is 5.32 Å². The highest BCUT2D eigenvalue weighted by atomic mass is 19.3. The maximum Gasteiger partial charge on any atom is 0.265 e. The van der Waals surface area contributed by atoms with E-state index in [1.807, 2.05) is 0 Å². The highest BCUT2D eigenvalue weighted by Crippen LogP contribution is 2.13. The molecule has 0 bridgehead atoms. The van der Waals surface area contributed by atoms with Gasteiger partial charge in [0.15, 0.2) is 0 Å². The van der Waals surface area contributed by atoms with Gasteiger partial charge in [-0.05, 0) is 12.1 Å². The average Bonchev–Trinajstić information content (AvgIpc) is 2.35. The molecule has 0 spiro atoms. The number of halogens is 2. The van der Waals surface area contributed by atoms with Gasteiger partial charge in [0.2, 0.25) is 0 Å². The van der Waals surface area contributed by atoms with Crippen LogP contribution in [0.2, 0.25) is 0 Å². The van der Waals surface area contributed by atoms with Gasteiger partial charge in [-0.1, -0.05) is 12.1 Å². The van der Waals surface area contributed by atoms with Crippen molar-refractivity contribution in [2.75, 3.05) is 18.9 Å². The molecule has 1 aromatic rings.